The van der Waals surface area contributed by atoms with Crippen molar-refractivity contribution in [3.8, 4) is 0 Å². The molecule has 5 nitrogen and oxygen atoms in total. The van der Waals surface area contributed by atoms with Crippen LogP contribution in [0.1, 0.15) is 13.3 Å². The molecule has 17 heavy (non-hydrogen) atoms. The number of nitrogens with one attached hydrogen (secondary N) is 1. The number of H-pyrrole nitrogens is 1. The molecule has 3 rings (SSSR count). The van der Waals surface area contributed by atoms with Gasteiger partial charge in [-0.15, -0.1) is 11.6 Å². The quantitative estimate of drug-likeness (QED) is 0.786. The number of nitrogens with zero attached hydrogens (tertiary/aromatic N) is 4. The highest BCUT2D eigenvalue weighted by molar-refractivity contribution is 6.21. The van der Waals surface area contributed by atoms with Crippen LogP contribution in [0.15, 0.2) is 12.7 Å². The molecule has 1 saturated heterocycles. The van der Waals surface area contributed by atoms with E-state index in [0.717, 1.165) is 30.8 Å². The van der Waals surface area contributed by atoms with E-state index in [9.17, 15) is 0 Å². The van der Waals surface area contributed by atoms with Gasteiger partial charge in [-0.05, 0) is 12.3 Å². The van der Waals surface area contributed by atoms with Gasteiger partial charge in [0.15, 0.2) is 11.5 Å². The van der Waals surface area contributed by atoms with Gasteiger partial charge in [0, 0.05) is 13.1 Å². The third kappa shape index (κ3) is 1.84. The number of aromatic amines is 1. The van der Waals surface area contributed by atoms with E-state index >= 15 is 0 Å². The Hall–Kier alpha value is -1.36. The molecular formula is C11H14ClN5. The predicted molar refractivity (Wildman–Crippen MR) is 67.3 cm³/mol. The smallest absolute Gasteiger partial charge is 0.182 e. The van der Waals surface area contributed by atoms with Gasteiger partial charge in [-0.25, -0.2) is 15.0 Å². The van der Waals surface area contributed by atoms with Crippen molar-refractivity contribution >= 4 is 28.6 Å². The molecule has 0 aromatic carbocycles. The number of piperidine rings is 1. The van der Waals surface area contributed by atoms with Crippen molar-refractivity contribution in [3.63, 3.8) is 0 Å². The molecule has 0 aliphatic carbocycles. The summed E-state index contributed by atoms with van der Waals surface area (Å²) in [4.78, 5) is 17.9. The van der Waals surface area contributed by atoms with Gasteiger partial charge in [0.1, 0.15) is 11.8 Å². The molecule has 2 aromatic heterocycles. The van der Waals surface area contributed by atoms with E-state index in [4.69, 9.17) is 11.6 Å². The fraction of sp³-hybridized carbons (Fsp3) is 0.545. The minimum atomic E-state index is 0.177. The summed E-state index contributed by atoms with van der Waals surface area (Å²) in [6.45, 7) is 4.00. The van der Waals surface area contributed by atoms with Crippen molar-refractivity contribution in [1.82, 2.24) is 19.9 Å². The maximum atomic E-state index is 6.33. The van der Waals surface area contributed by atoms with Gasteiger partial charge in [0.25, 0.3) is 0 Å². The van der Waals surface area contributed by atoms with E-state index in [1.807, 2.05) is 0 Å². The van der Waals surface area contributed by atoms with E-state index in [1.54, 1.807) is 12.7 Å². The Kier molecular flexibility index (Phi) is 2.63. The fourth-order valence-electron chi connectivity index (χ4n) is 2.21. The molecule has 0 amide bonds. The zero-order valence-corrected chi connectivity index (χ0v) is 10.4. The average Bonchev–Trinajstić information content (AvgIpc) is 2.80. The second-order valence-corrected chi connectivity index (χ2v) is 5.09. The van der Waals surface area contributed by atoms with Crippen molar-refractivity contribution in [2.75, 3.05) is 18.0 Å². The Morgan fingerprint density at radius 2 is 2.29 bits per heavy atom. The van der Waals surface area contributed by atoms with Crippen molar-refractivity contribution in [2.45, 2.75) is 18.7 Å². The Morgan fingerprint density at radius 3 is 3.12 bits per heavy atom. The highest BCUT2D eigenvalue weighted by atomic mass is 35.5. The molecule has 0 spiro atoms. The maximum absolute atomic E-state index is 6.33. The van der Waals surface area contributed by atoms with Crippen LogP contribution in [0.3, 0.4) is 0 Å². The lowest BCUT2D eigenvalue weighted by Gasteiger charge is -2.34. The Labute approximate surface area is 104 Å². The van der Waals surface area contributed by atoms with Crippen LogP contribution >= 0.6 is 11.6 Å². The molecule has 0 bridgehead atoms. The van der Waals surface area contributed by atoms with Crippen LogP contribution in [0.25, 0.3) is 11.2 Å². The van der Waals surface area contributed by atoms with Gasteiger partial charge >= 0.3 is 0 Å². The highest BCUT2D eigenvalue weighted by Gasteiger charge is 2.26. The Balaban J connectivity index is 1.96. The lowest BCUT2D eigenvalue weighted by atomic mass is 9.98. The van der Waals surface area contributed by atoms with Crippen LogP contribution in [0, 0.1) is 5.92 Å². The van der Waals surface area contributed by atoms with E-state index in [0.29, 0.717) is 11.6 Å². The van der Waals surface area contributed by atoms with Crippen molar-refractivity contribution in [2.24, 2.45) is 5.92 Å². The second kappa shape index (κ2) is 4.14. The van der Waals surface area contributed by atoms with Crippen molar-refractivity contribution in [1.29, 1.82) is 0 Å². The highest BCUT2D eigenvalue weighted by Crippen LogP contribution is 2.27. The van der Waals surface area contributed by atoms with Crippen LogP contribution in [0.5, 0.6) is 0 Å². The molecule has 1 fully saturated rings. The average molecular weight is 252 g/mol. The van der Waals surface area contributed by atoms with Crippen LogP contribution < -0.4 is 4.90 Å². The summed E-state index contributed by atoms with van der Waals surface area (Å²) in [6, 6.07) is 0. The maximum Gasteiger partial charge on any atom is 0.182 e. The first-order valence-electron chi connectivity index (χ1n) is 5.79. The standard InChI is InChI=1S/C11H14ClN5/c1-7-2-3-17(4-8(7)12)11-9-10(14-5-13-9)15-6-16-11/h5-8H,2-4H2,1H3,(H,13,14,15,16). The van der Waals surface area contributed by atoms with Crippen LogP contribution in [-0.4, -0.2) is 38.4 Å². The largest absolute Gasteiger partial charge is 0.353 e. The molecular weight excluding hydrogens is 238 g/mol. The monoisotopic (exact) mass is 251 g/mol. The molecule has 1 N–H and O–H groups in total. The zero-order chi connectivity index (χ0) is 11.8. The summed E-state index contributed by atoms with van der Waals surface area (Å²) in [6.07, 6.45) is 4.29. The molecule has 3 heterocycles. The number of halogens is 1. The SMILES string of the molecule is CC1CCN(c2ncnc3nc[nH]c23)CC1Cl. The second-order valence-electron chi connectivity index (χ2n) is 4.53. The third-order valence-electron chi connectivity index (χ3n) is 3.37. The van der Waals surface area contributed by atoms with E-state index in [2.05, 4.69) is 31.8 Å². The minimum Gasteiger partial charge on any atom is -0.353 e. The Bertz CT molecular complexity index is 525. The molecule has 2 atom stereocenters. The molecule has 0 radical (unpaired) electrons. The summed E-state index contributed by atoms with van der Waals surface area (Å²) in [5, 5.41) is 0.177. The number of anilines is 1. The summed E-state index contributed by atoms with van der Waals surface area (Å²) >= 11 is 6.33. The number of fused-ring (bicyclic) bond motifs is 1. The van der Waals surface area contributed by atoms with Crippen LogP contribution in [0.4, 0.5) is 5.82 Å². The minimum absolute atomic E-state index is 0.177. The first-order chi connectivity index (χ1) is 8.25. The molecule has 1 aliphatic rings. The molecule has 90 valence electrons. The normalized spacial score (nSPS) is 25.4. The van der Waals surface area contributed by atoms with Gasteiger partial charge in [-0.3, -0.25) is 0 Å². The molecule has 1 aliphatic heterocycles. The molecule has 2 aromatic rings. The topological polar surface area (TPSA) is 57.7 Å². The molecule has 2 unspecified atom stereocenters. The number of alkyl halides is 1. The van der Waals surface area contributed by atoms with E-state index in [-0.39, 0.29) is 5.38 Å². The summed E-state index contributed by atoms with van der Waals surface area (Å²) in [5.74, 6) is 1.47. The Morgan fingerprint density at radius 1 is 1.41 bits per heavy atom. The molecule has 0 saturated carbocycles. The number of rotatable bonds is 1. The predicted octanol–water partition coefficient (Wildman–Crippen LogP) is 1.81. The summed E-state index contributed by atoms with van der Waals surface area (Å²) in [5.41, 5.74) is 1.60. The van der Waals surface area contributed by atoms with Crippen molar-refractivity contribution in [3.05, 3.63) is 12.7 Å². The zero-order valence-electron chi connectivity index (χ0n) is 9.60. The van der Waals surface area contributed by atoms with E-state index < -0.39 is 0 Å². The number of hydrogen-bond acceptors (Lipinski definition) is 4. The fourth-order valence-corrected chi connectivity index (χ4v) is 2.50. The summed E-state index contributed by atoms with van der Waals surface area (Å²) < 4.78 is 0. The van der Waals surface area contributed by atoms with Crippen molar-refractivity contribution < 1.29 is 0 Å². The first-order valence-corrected chi connectivity index (χ1v) is 6.22. The first kappa shape index (κ1) is 10.8. The lowest BCUT2D eigenvalue weighted by molar-refractivity contribution is 0.444. The van der Waals surface area contributed by atoms with Crippen LogP contribution in [0.2, 0.25) is 0 Å². The van der Waals surface area contributed by atoms with Gasteiger partial charge in [-0.1, -0.05) is 6.92 Å². The van der Waals surface area contributed by atoms with Crippen LogP contribution in [-0.2, 0) is 0 Å². The third-order valence-corrected chi connectivity index (χ3v) is 3.94. The number of hydrogen-bond donors (Lipinski definition) is 1. The number of aromatic nitrogens is 4. The van der Waals surface area contributed by atoms with E-state index in [1.165, 1.54) is 0 Å². The van der Waals surface area contributed by atoms with Gasteiger partial charge < -0.3 is 9.88 Å². The molecule has 6 heteroatoms. The van der Waals surface area contributed by atoms with Gasteiger partial charge in [-0.2, -0.15) is 0 Å². The number of imidazole rings is 1. The van der Waals surface area contributed by atoms with Gasteiger partial charge in [0.05, 0.1) is 11.7 Å². The lowest BCUT2D eigenvalue weighted by Crippen LogP contribution is -2.40. The van der Waals surface area contributed by atoms with Gasteiger partial charge in [0.2, 0.25) is 0 Å². The summed E-state index contributed by atoms with van der Waals surface area (Å²) in [7, 11) is 0.